The van der Waals surface area contributed by atoms with E-state index in [-0.39, 0.29) is 17.1 Å². The third kappa shape index (κ3) is 3.47. The van der Waals surface area contributed by atoms with E-state index < -0.39 is 13.0 Å². The molecule has 0 radical (unpaired) electrons. The van der Waals surface area contributed by atoms with Gasteiger partial charge in [-0.25, -0.2) is 8.78 Å². The quantitative estimate of drug-likeness (QED) is 0.356. The van der Waals surface area contributed by atoms with Crippen LogP contribution in [0.5, 0.6) is 11.5 Å². The SMILES string of the molecule is COc1ccc(/C(N)=N/O)c(OCC(F)F)c1. The Morgan fingerprint density at radius 3 is 2.76 bits per heavy atom. The van der Waals surface area contributed by atoms with Gasteiger partial charge in [0.1, 0.15) is 18.1 Å². The molecule has 0 spiro atoms. The average molecular weight is 246 g/mol. The molecule has 0 aliphatic heterocycles. The molecule has 0 amide bonds. The predicted molar refractivity (Wildman–Crippen MR) is 57.0 cm³/mol. The van der Waals surface area contributed by atoms with Gasteiger partial charge < -0.3 is 20.4 Å². The predicted octanol–water partition coefficient (Wildman–Crippen LogP) is 1.43. The van der Waals surface area contributed by atoms with E-state index in [0.717, 1.165) is 0 Å². The summed E-state index contributed by atoms with van der Waals surface area (Å²) in [5.74, 6) is 0.264. The van der Waals surface area contributed by atoms with Crippen LogP contribution in [0.15, 0.2) is 23.4 Å². The number of hydrogen-bond donors (Lipinski definition) is 2. The lowest BCUT2D eigenvalue weighted by molar-refractivity contribution is 0.0816. The maximum Gasteiger partial charge on any atom is 0.272 e. The number of nitrogens with two attached hydrogens (primary N) is 1. The van der Waals surface area contributed by atoms with Gasteiger partial charge in [0.15, 0.2) is 5.84 Å². The van der Waals surface area contributed by atoms with Crippen LogP contribution >= 0.6 is 0 Å². The maximum atomic E-state index is 12.1. The lowest BCUT2D eigenvalue weighted by atomic mass is 10.2. The second-order valence-electron chi connectivity index (χ2n) is 3.05. The standard InChI is InChI=1S/C10H12F2N2O3/c1-16-6-2-3-7(10(13)14-15)8(4-6)17-5-9(11)12/h2-4,9,15H,5H2,1H3,(H2,13,14). The zero-order valence-corrected chi connectivity index (χ0v) is 9.06. The molecule has 0 fully saturated rings. The summed E-state index contributed by atoms with van der Waals surface area (Å²) >= 11 is 0. The number of hydrogen-bond acceptors (Lipinski definition) is 4. The summed E-state index contributed by atoms with van der Waals surface area (Å²) in [5.41, 5.74) is 5.60. The van der Waals surface area contributed by atoms with Gasteiger partial charge in [-0.3, -0.25) is 0 Å². The first kappa shape index (κ1) is 13.0. The highest BCUT2D eigenvalue weighted by molar-refractivity contribution is 5.99. The molecule has 0 bridgehead atoms. The number of rotatable bonds is 5. The Kier molecular flexibility index (Phi) is 4.50. The van der Waals surface area contributed by atoms with Crippen molar-refractivity contribution in [3.05, 3.63) is 23.8 Å². The summed E-state index contributed by atoms with van der Waals surface area (Å²) in [7, 11) is 1.43. The van der Waals surface area contributed by atoms with E-state index in [2.05, 4.69) is 5.16 Å². The van der Waals surface area contributed by atoms with Gasteiger partial charge in [0.05, 0.1) is 12.7 Å². The summed E-state index contributed by atoms with van der Waals surface area (Å²) < 4.78 is 33.9. The number of nitrogens with zero attached hydrogens (tertiary/aromatic N) is 1. The van der Waals surface area contributed by atoms with Crippen molar-refractivity contribution in [1.29, 1.82) is 0 Å². The summed E-state index contributed by atoms with van der Waals surface area (Å²) in [4.78, 5) is 0. The van der Waals surface area contributed by atoms with Gasteiger partial charge in [0.25, 0.3) is 6.43 Å². The zero-order valence-electron chi connectivity index (χ0n) is 9.06. The molecule has 7 heteroatoms. The molecule has 5 nitrogen and oxygen atoms in total. The highest BCUT2D eigenvalue weighted by atomic mass is 19.3. The average Bonchev–Trinajstić information content (AvgIpc) is 2.34. The third-order valence-corrected chi connectivity index (χ3v) is 1.94. The first-order valence-corrected chi connectivity index (χ1v) is 4.65. The molecule has 0 aliphatic rings. The number of halogens is 2. The Bertz CT molecular complexity index is 411. The Balaban J connectivity index is 3.03. The largest absolute Gasteiger partial charge is 0.497 e. The number of oxime groups is 1. The number of alkyl halides is 2. The van der Waals surface area contributed by atoms with Gasteiger partial charge in [-0.1, -0.05) is 5.16 Å². The first-order valence-electron chi connectivity index (χ1n) is 4.65. The monoisotopic (exact) mass is 246 g/mol. The second kappa shape index (κ2) is 5.88. The van der Waals surface area contributed by atoms with Crippen LogP contribution in [0.25, 0.3) is 0 Å². The van der Waals surface area contributed by atoms with Gasteiger partial charge in [-0.15, -0.1) is 0 Å². The number of amidine groups is 1. The van der Waals surface area contributed by atoms with Gasteiger partial charge in [0, 0.05) is 6.07 Å². The molecule has 0 aliphatic carbocycles. The van der Waals surface area contributed by atoms with Crippen molar-refractivity contribution in [2.45, 2.75) is 6.43 Å². The molecule has 0 aromatic heterocycles. The zero-order chi connectivity index (χ0) is 12.8. The van der Waals surface area contributed by atoms with Crippen LogP contribution in [0.2, 0.25) is 0 Å². The minimum absolute atomic E-state index is 0.0694. The van der Waals surface area contributed by atoms with Gasteiger partial charge >= 0.3 is 0 Å². The molecular weight excluding hydrogens is 234 g/mol. The normalized spacial score (nSPS) is 11.6. The fraction of sp³-hybridized carbons (Fsp3) is 0.300. The second-order valence-corrected chi connectivity index (χ2v) is 3.05. The van der Waals surface area contributed by atoms with Gasteiger partial charge in [-0.2, -0.15) is 0 Å². The van der Waals surface area contributed by atoms with Crippen molar-refractivity contribution >= 4 is 5.84 Å². The molecule has 3 N–H and O–H groups in total. The smallest absolute Gasteiger partial charge is 0.272 e. The summed E-state index contributed by atoms with van der Waals surface area (Å²) in [6.45, 7) is -0.779. The van der Waals surface area contributed by atoms with E-state index in [1.165, 1.54) is 19.2 Å². The van der Waals surface area contributed by atoms with Crippen molar-refractivity contribution in [3.63, 3.8) is 0 Å². The minimum Gasteiger partial charge on any atom is -0.497 e. The minimum atomic E-state index is -2.61. The molecule has 1 rings (SSSR count). The molecule has 0 saturated carbocycles. The molecule has 94 valence electrons. The van der Waals surface area contributed by atoms with Crippen molar-refractivity contribution in [3.8, 4) is 11.5 Å². The lowest BCUT2D eigenvalue weighted by Gasteiger charge is -2.11. The van der Waals surface area contributed by atoms with Crippen molar-refractivity contribution in [2.75, 3.05) is 13.7 Å². The number of methoxy groups -OCH3 is 1. The Morgan fingerprint density at radius 1 is 1.53 bits per heavy atom. The van der Waals surface area contributed by atoms with Crippen molar-refractivity contribution in [2.24, 2.45) is 10.9 Å². The molecular formula is C10H12F2N2O3. The Hall–Kier alpha value is -2.05. The molecule has 1 aromatic carbocycles. The fourth-order valence-corrected chi connectivity index (χ4v) is 1.17. The van der Waals surface area contributed by atoms with E-state index in [1.54, 1.807) is 6.07 Å². The molecule has 0 atom stereocenters. The highest BCUT2D eigenvalue weighted by Gasteiger charge is 2.12. The van der Waals surface area contributed by atoms with E-state index in [0.29, 0.717) is 5.75 Å². The topological polar surface area (TPSA) is 77.1 Å². The Morgan fingerprint density at radius 2 is 2.24 bits per heavy atom. The van der Waals surface area contributed by atoms with Crippen LogP contribution in [-0.2, 0) is 0 Å². The highest BCUT2D eigenvalue weighted by Crippen LogP contribution is 2.25. The van der Waals surface area contributed by atoms with Crippen LogP contribution < -0.4 is 15.2 Å². The van der Waals surface area contributed by atoms with Crippen molar-refractivity contribution < 1.29 is 23.5 Å². The summed E-state index contributed by atoms with van der Waals surface area (Å²) in [5, 5.41) is 11.3. The van der Waals surface area contributed by atoms with E-state index >= 15 is 0 Å². The van der Waals surface area contributed by atoms with Crippen LogP contribution in [0.4, 0.5) is 8.78 Å². The maximum absolute atomic E-state index is 12.1. The lowest BCUT2D eigenvalue weighted by Crippen LogP contribution is -2.16. The molecule has 0 heterocycles. The van der Waals surface area contributed by atoms with E-state index in [4.69, 9.17) is 20.4 Å². The van der Waals surface area contributed by atoms with E-state index in [9.17, 15) is 8.78 Å². The van der Waals surface area contributed by atoms with Gasteiger partial charge in [0.2, 0.25) is 0 Å². The first-order chi connectivity index (χ1) is 8.08. The van der Waals surface area contributed by atoms with Crippen LogP contribution in [0, 0.1) is 0 Å². The number of ether oxygens (including phenoxy) is 2. The fourth-order valence-electron chi connectivity index (χ4n) is 1.17. The summed E-state index contributed by atoms with van der Waals surface area (Å²) in [6.07, 6.45) is -2.61. The summed E-state index contributed by atoms with van der Waals surface area (Å²) in [6, 6.07) is 4.38. The molecule has 0 unspecified atom stereocenters. The van der Waals surface area contributed by atoms with Gasteiger partial charge in [-0.05, 0) is 12.1 Å². The molecule has 0 saturated heterocycles. The molecule has 1 aromatic rings. The van der Waals surface area contributed by atoms with Crippen LogP contribution in [0.3, 0.4) is 0 Å². The van der Waals surface area contributed by atoms with E-state index in [1.807, 2.05) is 0 Å². The number of benzene rings is 1. The molecule has 17 heavy (non-hydrogen) atoms. The third-order valence-electron chi connectivity index (χ3n) is 1.94. The Labute approximate surface area is 96.4 Å². The van der Waals surface area contributed by atoms with Crippen LogP contribution in [0.1, 0.15) is 5.56 Å². The van der Waals surface area contributed by atoms with Crippen LogP contribution in [-0.4, -0.2) is 31.2 Å². The van der Waals surface area contributed by atoms with Crippen molar-refractivity contribution in [1.82, 2.24) is 0 Å².